The minimum atomic E-state index is -0.770. The number of aliphatic hydroxyl groups excluding tert-OH is 1. The average molecular weight is 455 g/mol. The number of rotatable bonds is 6. The molecule has 1 aromatic heterocycles. The quantitative estimate of drug-likeness (QED) is 0.596. The molecule has 4 rings (SSSR count). The van der Waals surface area contributed by atoms with Crippen LogP contribution in [-0.4, -0.2) is 46.7 Å². The number of benzene rings is 2. The molecule has 33 heavy (non-hydrogen) atoms. The van der Waals surface area contributed by atoms with Crippen LogP contribution in [0.1, 0.15) is 22.3 Å². The van der Waals surface area contributed by atoms with E-state index in [4.69, 9.17) is 4.74 Å². The van der Waals surface area contributed by atoms with Crippen LogP contribution in [0.5, 0.6) is 0 Å². The van der Waals surface area contributed by atoms with Gasteiger partial charge in [0.2, 0.25) is 0 Å². The number of halogens is 2. The lowest BCUT2D eigenvalue weighted by molar-refractivity contribution is 0.0875. The molecule has 0 bridgehead atoms. The molecular weight excluding hydrogens is 432 g/mol. The van der Waals surface area contributed by atoms with Crippen molar-refractivity contribution < 1.29 is 23.4 Å². The van der Waals surface area contributed by atoms with Gasteiger partial charge in [0.25, 0.3) is 11.5 Å². The topological polar surface area (TPSA) is 93.5 Å². The number of aryl methyl sites for hydroxylation is 1. The first-order chi connectivity index (χ1) is 15.9. The predicted molar refractivity (Wildman–Crippen MR) is 117 cm³/mol. The van der Waals surface area contributed by atoms with Gasteiger partial charge in [-0.15, -0.1) is 0 Å². The summed E-state index contributed by atoms with van der Waals surface area (Å²) in [4.78, 5) is 26.3. The minimum Gasteiger partial charge on any atom is -0.394 e. The second-order valence-corrected chi connectivity index (χ2v) is 7.99. The smallest absolute Gasteiger partial charge is 0.284 e. The summed E-state index contributed by atoms with van der Waals surface area (Å²) in [6.45, 7) is 2.21. The number of ether oxygens (including phenoxy) is 1. The zero-order valence-electron chi connectivity index (χ0n) is 17.9. The Kier molecular flexibility index (Phi) is 6.62. The fourth-order valence-electron chi connectivity index (χ4n) is 3.76. The van der Waals surface area contributed by atoms with Crippen molar-refractivity contribution in [1.29, 1.82) is 0 Å². The highest BCUT2D eigenvalue weighted by Gasteiger charge is 2.28. The number of amides is 1. The summed E-state index contributed by atoms with van der Waals surface area (Å²) in [5.74, 6) is -1.85. The lowest BCUT2D eigenvalue weighted by atomic mass is 9.99. The number of hydrogen-bond acceptors (Lipinski definition) is 5. The van der Waals surface area contributed by atoms with Crippen LogP contribution in [0, 0.1) is 24.5 Å². The van der Waals surface area contributed by atoms with E-state index < -0.39 is 29.1 Å². The van der Waals surface area contributed by atoms with Gasteiger partial charge < -0.3 is 15.2 Å². The first kappa shape index (κ1) is 22.8. The molecule has 2 heterocycles. The van der Waals surface area contributed by atoms with Crippen LogP contribution >= 0.6 is 0 Å². The van der Waals surface area contributed by atoms with Crippen LogP contribution in [0.15, 0.2) is 53.3 Å². The molecule has 172 valence electrons. The van der Waals surface area contributed by atoms with Crippen molar-refractivity contribution in [2.24, 2.45) is 5.92 Å². The zero-order valence-corrected chi connectivity index (χ0v) is 17.9. The number of aliphatic hydroxyl groups is 1. The Balaban J connectivity index is 1.81. The number of nitrogens with zero attached hydrogens (tertiary/aromatic N) is 2. The molecule has 9 heteroatoms. The van der Waals surface area contributed by atoms with Crippen molar-refractivity contribution in [3.63, 3.8) is 0 Å². The van der Waals surface area contributed by atoms with E-state index >= 15 is 0 Å². The molecule has 3 aromatic rings. The largest absolute Gasteiger partial charge is 0.394 e. The SMILES string of the molecule is Cc1ccc(-c2cc(C(=O)NC(CO)C3CCOC3)c(=O)n(-c3cccc(F)c3)n2)cc1F. The molecule has 1 amide bonds. The Hall–Kier alpha value is -3.43. The molecule has 1 aliphatic heterocycles. The summed E-state index contributed by atoms with van der Waals surface area (Å²) in [6.07, 6.45) is 0.670. The maximum absolute atomic E-state index is 14.2. The van der Waals surface area contributed by atoms with Crippen LogP contribution in [0.2, 0.25) is 0 Å². The molecule has 1 aliphatic rings. The van der Waals surface area contributed by atoms with Crippen molar-refractivity contribution in [3.8, 4) is 16.9 Å². The summed E-state index contributed by atoms with van der Waals surface area (Å²) in [5.41, 5.74) is 0.0235. The number of carbonyl (C=O) groups excluding carboxylic acids is 1. The lowest BCUT2D eigenvalue weighted by Gasteiger charge is -2.21. The Morgan fingerprint density at radius 3 is 2.76 bits per heavy atom. The van der Waals surface area contributed by atoms with Crippen LogP contribution in [0.25, 0.3) is 16.9 Å². The fourth-order valence-corrected chi connectivity index (χ4v) is 3.76. The molecule has 2 unspecified atom stereocenters. The van der Waals surface area contributed by atoms with Gasteiger partial charge in [-0.1, -0.05) is 18.2 Å². The third-order valence-corrected chi connectivity index (χ3v) is 5.72. The van der Waals surface area contributed by atoms with Gasteiger partial charge in [0.05, 0.1) is 30.6 Å². The van der Waals surface area contributed by atoms with E-state index in [1.165, 1.54) is 30.3 Å². The Morgan fingerprint density at radius 1 is 1.27 bits per heavy atom. The summed E-state index contributed by atoms with van der Waals surface area (Å²) in [7, 11) is 0. The molecule has 0 saturated carbocycles. The second kappa shape index (κ2) is 9.60. The summed E-state index contributed by atoms with van der Waals surface area (Å²) in [5, 5.41) is 16.7. The lowest BCUT2D eigenvalue weighted by Crippen LogP contribution is -2.45. The van der Waals surface area contributed by atoms with Gasteiger partial charge in [-0.25, -0.2) is 8.78 Å². The Labute approximate surface area is 188 Å². The van der Waals surface area contributed by atoms with E-state index in [1.54, 1.807) is 19.1 Å². The van der Waals surface area contributed by atoms with Crippen LogP contribution in [0.3, 0.4) is 0 Å². The number of hydrogen-bond donors (Lipinski definition) is 2. The van der Waals surface area contributed by atoms with E-state index in [9.17, 15) is 23.5 Å². The second-order valence-electron chi connectivity index (χ2n) is 7.99. The summed E-state index contributed by atoms with van der Waals surface area (Å²) >= 11 is 0. The van der Waals surface area contributed by atoms with Crippen molar-refractivity contribution in [2.45, 2.75) is 19.4 Å². The van der Waals surface area contributed by atoms with E-state index in [0.717, 1.165) is 10.7 Å². The van der Waals surface area contributed by atoms with Gasteiger partial charge in [0.15, 0.2) is 0 Å². The Morgan fingerprint density at radius 2 is 2.09 bits per heavy atom. The van der Waals surface area contributed by atoms with E-state index in [2.05, 4.69) is 10.4 Å². The summed E-state index contributed by atoms with van der Waals surface area (Å²) < 4.78 is 34.3. The predicted octanol–water partition coefficient (Wildman–Crippen LogP) is 2.61. The molecule has 2 atom stereocenters. The van der Waals surface area contributed by atoms with E-state index in [1.807, 2.05) is 0 Å². The number of aromatic nitrogens is 2. The van der Waals surface area contributed by atoms with Gasteiger partial charge in [0, 0.05) is 18.1 Å². The highest BCUT2D eigenvalue weighted by molar-refractivity contribution is 5.95. The Bertz CT molecular complexity index is 1240. The first-order valence-electron chi connectivity index (χ1n) is 10.5. The minimum absolute atomic E-state index is 0.0862. The number of carbonyl (C=O) groups is 1. The van der Waals surface area contributed by atoms with Crippen molar-refractivity contribution >= 4 is 5.91 Å². The van der Waals surface area contributed by atoms with Crippen molar-refractivity contribution in [2.75, 3.05) is 19.8 Å². The highest BCUT2D eigenvalue weighted by atomic mass is 19.1. The number of nitrogens with one attached hydrogen (secondary N) is 1. The van der Waals surface area contributed by atoms with Crippen LogP contribution < -0.4 is 10.9 Å². The van der Waals surface area contributed by atoms with Gasteiger partial charge in [-0.05, 0) is 49.2 Å². The average Bonchev–Trinajstić information content (AvgIpc) is 3.34. The summed E-state index contributed by atoms with van der Waals surface area (Å²) in [6, 6.07) is 10.3. The van der Waals surface area contributed by atoms with Gasteiger partial charge in [-0.3, -0.25) is 9.59 Å². The van der Waals surface area contributed by atoms with Crippen molar-refractivity contribution in [1.82, 2.24) is 15.1 Å². The van der Waals surface area contributed by atoms with Crippen LogP contribution in [-0.2, 0) is 4.74 Å². The molecule has 7 nitrogen and oxygen atoms in total. The fraction of sp³-hybridized carbons (Fsp3) is 0.292. The molecule has 2 aromatic carbocycles. The molecule has 1 fully saturated rings. The van der Waals surface area contributed by atoms with Gasteiger partial charge in [-0.2, -0.15) is 9.78 Å². The van der Waals surface area contributed by atoms with Crippen LogP contribution in [0.4, 0.5) is 8.78 Å². The van der Waals surface area contributed by atoms with Gasteiger partial charge in [0.1, 0.15) is 17.2 Å². The third-order valence-electron chi connectivity index (χ3n) is 5.72. The maximum Gasteiger partial charge on any atom is 0.284 e. The molecule has 1 saturated heterocycles. The molecule has 0 spiro atoms. The molecule has 2 N–H and O–H groups in total. The normalized spacial score (nSPS) is 16.5. The molecular formula is C24H23F2N3O4. The van der Waals surface area contributed by atoms with E-state index in [-0.39, 0.29) is 29.5 Å². The standard InChI is InChI=1S/C24H23F2N3O4/c1-14-5-6-15(9-20(14)26)21-11-19(23(31)27-22(12-30)16-7-8-33-13-16)24(32)29(28-21)18-4-2-3-17(25)10-18/h2-6,9-11,16,22,30H,7-8,12-13H2,1H3,(H,27,31). The molecule has 0 aliphatic carbocycles. The van der Waals surface area contributed by atoms with Gasteiger partial charge >= 0.3 is 0 Å². The first-order valence-corrected chi connectivity index (χ1v) is 10.5. The monoisotopic (exact) mass is 455 g/mol. The third kappa shape index (κ3) is 4.84. The maximum atomic E-state index is 14.2. The molecule has 0 radical (unpaired) electrons. The van der Waals surface area contributed by atoms with Crippen molar-refractivity contribution in [3.05, 3.63) is 81.6 Å². The zero-order chi connectivity index (χ0) is 23.5. The highest BCUT2D eigenvalue weighted by Crippen LogP contribution is 2.22. The van der Waals surface area contributed by atoms with E-state index in [0.29, 0.717) is 30.8 Å².